The Balaban J connectivity index is 1.45. The Morgan fingerprint density at radius 2 is 2.00 bits per heavy atom. The van der Waals surface area contributed by atoms with Crippen molar-refractivity contribution in [2.75, 3.05) is 18.9 Å². The van der Waals surface area contributed by atoms with E-state index in [2.05, 4.69) is 14.7 Å². The monoisotopic (exact) mass is 467 g/mol. The molecule has 9 nitrogen and oxygen atoms in total. The number of sulfonamides is 1. The molecule has 0 spiro atoms. The van der Waals surface area contributed by atoms with Crippen molar-refractivity contribution < 1.29 is 13.2 Å². The summed E-state index contributed by atoms with van der Waals surface area (Å²) in [6.45, 7) is 2.82. The van der Waals surface area contributed by atoms with E-state index in [0.29, 0.717) is 28.8 Å². The molecule has 1 fully saturated rings. The van der Waals surface area contributed by atoms with Crippen LogP contribution in [0.15, 0.2) is 62.9 Å². The Labute approximate surface area is 191 Å². The van der Waals surface area contributed by atoms with Crippen LogP contribution >= 0.6 is 0 Å². The number of aromatic nitrogens is 2. The number of hydrogen-bond donors (Lipinski definition) is 1. The molecule has 172 valence electrons. The van der Waals surface area contributed by atoms with Crippen LogP contribution in [-0.2, 0) is 21.4 Å². The van der Waals surface area contributed by atoms with E-state index in [4.69, 9.17) is 0 Å². The second-order valence-electron chi connectivity index (χ2n) is 8.05. The van der Waals surface area contributed by atoms with Crippen molar-refractivity contribution in [3.05, 3.63) is 64.7 Å². The summed E-state index contributed by atoms with van der Waals surface area (Å²) < 4.78 is 30.7. The molecular weight excluding hydrogens is 442 g/mol. The SMILES string of the molecule is Cc1cccc2c(=O)n(CCC(=O)Nc3cccc(S(=O)(=O)N=C4CCCN4C)c3)cnc12. The Morgan fingerprint density at radius 1 is 1.21 bits per heavy atom. The highest BCUT2D eigenvalue weighted by atomic mass is 32.2. The number of benzene rings is 2. The van der Waals surface area contributed by atoms with Gasteiger partial charge in [-0.05, 0) is 43.2 Å². The third-order valence-corrected chi connectivity index (χ3v) is 6.91. The van der Waals surface area contributed by atoms with Crippen molar-refractivity contribution in [2.45, 2.75) is 37.6 Å². The number of carbonyl (C=O) groups is 1. The van der Waals surface area contributed by atoms with E-state index in [9.17, 15) is 18.0 Å². The Bertz CT molecular complexity index is 1410. The second kappa shape index (κ2) is 9.14. The van der Waals surface area contributed by atoms with Gasteiger partial charge in [-0.1, -0.05) is 18.2 Å². The summed E-state index contributed by atoms with van der Waals surface area (Å²) in [4.78, 5) is 31.3. The van der Waals surface area contributed by atoms with Crippen molar-refractivity contribution in [1.82, 2.24) is 14.5 Å². The van der Waals surface area contributed by atoms with Crippen molar-refractivity contribution >= 4 is 38.4 Å². The molecule has 2 aromatic carbocycles. The molecule has 3 aromatic rings. The Hall–Kier alpha value is -3.53. The largest absolute Gasteiger partial charge is 0.362 e. The van der Waals surface area contributed by atoms with E-state index < -0.39 is 10.0 Å². The molecule has 0 aliphatic carbocycles. The summed E-state index contributed by atoms with van der Waals surface area (Å²) in [5.74, 6) is 0.191. The van der Waals surface area contributed by atoms with Crippen LogP contribution in [0.3, 0.4) is 0 Å². The molecule has 0 unspecified atom stereocenters. The first-order chi connectivity index (χ1) is 15.7. The van der Waals surface area contributed by atoms with Gasteiger partial charge in [-0.25, -0.2) is 4.98 Å². The number of carbonyl (C=O) groups excluding carboxylic acids is 1. The zero-order chi connectivity index (χ0) is 23.6. The van der Waals surface area contributed by atoms with Gasteiger partial charge in [-0.15, -0.1) is 4.40 Å². The van der Waals surface area contributed by atoms with Gasteiger partial charge in [0.25, 0.3) is 15.6 Å². The molecule has 0 atom stereocenters. The summed E-state index contributed by atoms with van der Waals surface area (Å²) in [5, 5.41) is 3.20. The molecule has 2 heterocycles. The average molecular weight is 468 g/mol. The highest BCUT2D eigenvalue weighted by molar-refractivity contribution is 7.90. The van der Waals surface area contributed by atoms with E-state index in [0.717, 1.165) is 18.5 Å². The molecule has 1 aliphatic heterocycles. The average Bonchev–Trinajstić information content (AvgIpc) is 3.17. The molecule has 4 rings (SSSR count). The fraction of sp³-hybridized carbons (Fsp3) is 0.304. The first-order valence-corrected chi connectivity index (χ1v) is 12.1. The van der Waals surface area contributed by atoms with Crippen molar-refractivity contribution in [3.63, 3.8) is 0 Å². The number of likely N-dealkylation sites (tertiary alicyclic amines) is 1. The van der Waals surface area contributed by atoms with Gasteiger partial charge in [0.15, 0.2) is 0 Å². The molecule has 1 aromatic heterocycles. The van der Waals surface area contributed by atoms with Gasteiger partial charge in [0, 0.05) is 38.7 Å². The second-order valence-corrected chi connectivity index (χ2v) is 9.65. The maximum absolute atomic E-state index is 12.7. The quantitative estimate of drug-likeness (QED) is 0.596. The van der Waals surface area contributed by atoms with Crippen molar-refractivity contribution in [1.29, 1.82) is 0 Å². The lowest BCUT2D eigenvalue weighted by Crippen LogP contribution is -2.24. The van der Waals surface area contributed by atoms with Crippen LogP contribution < -0.4 is 10.9 Å². The minimum Gasteiger partial charge on any atom is -0.362 e. The molecule has 0 radical (unpaired) electrons. The van der Waals surface area contributed by atoms with Gasteiger partial charge < -0.3 is 10.2 Å². The number of nitrogens with zero attached hydrogens (tertiary/aromatic N) is 4. The van der Waals surface area contributed by atoms with Gasteiger partial charge in [-0.3, -0.25) is 14.2 Å². The van der Waals surface area contributed by atoms with Crippen LogP contribution in [0.1, 0.15) is 24.8 Å². The number of rotatable bonds is 6. The summed E-state index contributed by atoms with van der Waals surface area (Å²) in [6.07, 6.45) is 2.96. The van der Waals surface area contributed by atoms with Crippen LogP contribution in [-0.4, -0.2) is 48.2 Å². The molecule has 1 amide bonds. The molecule has 33 heavy (non-hydrogen) atoms. The van der Waals surface area contributed by atoms with Crippen LogP contribution in [0.5, 0.6) is 0 Å². The van der Waals surface area contributed by atoms with Gasteiger partial charge in [0.2, 0.25) is 5.91 Å². The van der Waals surface area contributed by atoms with Gasteiger partial charge in [-0.2, -0.15) is 8.42 Å². The van der Waals surface area contributed by atoms with E-state index in [1.807, 2.05) is 24.9 Å². The lowest BCUT2D eigenvalue weighted by atomic mass is 10.1. The van der Waals surface area contributed by atoms with Crippen molar-refractivity contribution in [2.24, 2.45) is 4.40 Å². The fourth-order valence-electron chi connectivity index (χ4n) is 3.78. The van der Waals surface area contributed by atoms with Gasteiger partial charge in [0.05, 0.1) is 22.1 Å². The van der Waals surface area contributed by atoms with E-state index in [-0.39, 0.29) is 29.3 Å². The highest BCUT2D eigenvalue weighted by Gasteiger charge is 2.20. The normalized spacial score (nSPS) is 15.3. The highest BCUT2D eigenvalue weighted by Crippen LogP contribution is 2.20. The fourth-order valence-corrected chi connectivity index (χ4v) is 4.92. The molecule has 1 N–H and O–H groups in total. The molecule has 0 bridgehead atoms. The predicted octanol–water partition coefficient (Wildman–Crippen LogP) is 2.55. The maximum atomic E-state index is 12.7. The zero-order valence-electron chi connectivity index (χ0n) is 18.5. The molecule has 0 saturated carbocycles. The first-order valence-electron chi connectivity index (χ1n) is 10.6. The number of nitrogens with one attached hydrogen (secondary N) is 1. The number of amidine groups is 1. The number of aryl methyl sites for hydroxylation is 2. The molecule has 1 saturated heterocycles. The third kappa shape index (κ3) is 4.95. The summed E-state index contributed by atoms with van der Waals surface area (Å²) in [7, 11) is -2.06. The topological polar surface area (TPSA) is 114 Å². The van der Waals surface area contributed by atoms with Gasteiger partial charge in [0.1, 0.15) is 5.84 Å². The summed E-state index contributed by atoms with van der Waals surface area (Å²) in [6, 6.07) is 11.4. The van der Waals surface area contributed by atoms with E-state index in [1.54, 1.807) is 24.3 Å². The number of anilines is 1. The predicted molar refractivity (Wildman–Crippen MR) is 127 cm³/mol. The third-order valence-electron chi connectivity index (χ3n) is 5.61. The Morgan fingerprint density at radius 3 is 2.76 bits per heavy atom. The van der Waals surface area contributed by atoms with Crippen LogP contribution in [0.2, 0.25) is 0 Å². The minimum absolute atomic E-state index is 0.0124. The Kier molecular flexibility index (Phi) is 6.28. The lowest BCUT2D eigenvalue weighted by molar-refractivity contribution is -0.116. The van der Waals surface area contributed by atoms with Crippen LogP contribution in [0, 0.1) is 6.92 Å². The van der Waals surface area contributed by atoms with Crippen LogP contribution in [0.4, 0.5) is 5.69 Å². The number of fused-ring (bicyclic) bond motifs is 1. The maximum Gasteiger partial charge on any atom is 0.284 e. The standard InChI is InChI=1S/C23H25N5O4S/c1-16-6-3-9-19-22(16)24-15-28(23(19)30)13-11-21(29)25-17-7-4-8-18(14-17)33(31,32)26-20-10-5-12-27(20)2/h3-4,6-9,14-15H,5,10-13H2,1-2H3,(H,25,29). The summed E-state index contributed by atoms with van der Waals surface area (Å²) in [5.41, 5.74) is 1.70. The molecular formula is C23H25N5O4S. The zero-order valence-corrected chi connectivity index (χ0v) is 19.3. The number of para-hydroxylation sites is 1. The molecule has 1 aliphatic rings. The lowest BCUT2D eigenvalue weighted by Gasteiger charge is -2.11. The van der Waals surface area contributed by atoms with E-state index >= 15 is 0 Å². The van der Waals surface area contributed by atoms with E-state index in [1.165, 1.54) is 23.0 Å². The number of hydrogen-bond acceptors (Lipinski definition) is 5. The smallest absolute Gasteiger partial charge is 0.284 e. The molecule has 10 heteroatoms. The first kappa shape index (κ1) is 22.7. The van der Waals surface area contributed by atoms with Crippen LogP contribution in [0.25, 0.3) is 10.9 Å². The summed E-state index contributed by atoms with van der Waals surface area (Å²) >= 11 is 0. The number of amides is 1. The minimum atomic E-state index is -3.88. The van der Waals surface area contributed by atoms with Crippen molar-refractivity contribution in [3.8, 4) is 0 Å². The van der Waals surface area contributed by atoms with Gasteiger partial charge >= 0.3 is 0 Å².